The van der Waals surface area contributed by atoms with Gasteiger partial charge in [0.2, 0.25) is 10.0 Å². The second kappa shape index (κ2) is 5.12. The van der Waals surface area contributed by atoms with Crippen LogP contribution in [0.1, 0.15) is 5.56 Å². The van der Waals surface area contributed by atoms with Gasteiger partial charge in [0.05, 0.1) is 0 Å². The SMILES string of the molecule is O=S1(=O)C=CC=CCN1Cc1cncc(Br)c1. The minimum Gasteiger partial charge on any atom is -0.263 e. The summed E-state index contributed by atoms with van der Waals surface area (Å²) in [5, 5.41) is 1.21. The summed E-state index contributed by atoms with van der Waals surface area (Å²) < 4.78 is 26.0. The van der Waals surface area contributed by atoms with Gasteiger partial charge in [-0.15, -0.1) is 0 Å². The van der Waals surface area contributed by atoms with Gasteiger partial charge in [-0.3, -0.25) is 4.98 Å². The molecule has 1 aliphatic heterocycles. The summed E-state index contributed by atoms with van der Waals surface area (Å²) in [6.45, 7) is 0.700. The lowest BCUT2D eigenvalue weighted by atomic mass is 10.3. The van der Waals surface area contributed by atoms with Crippen LogP contribution in [0.5, 0.6) is 0 Å². The van der Waals surface area contributed by atoms with Crippen LogP contribution in [-0.4, -0.2) is 24.3 Å². The number of allylic oxidation sites excluding steroid dienone is 2. The fourth-order valence-corrected chi connectivity index (χ4v) is 2.99. The van der Waals surface area contributed by atoms with Crippen molar-refractivity contribution in [2.75, 3.05) is 6.54 Å². The largest absolute Gasteiger partial charge is 0.263 e. The number of aromatic nitrogens is 1. The van der Waals surface area contributed by atoms with E-state index in [1.807, 2.05) is 12.1 Å². The summed E-state index contributed by atoms with van der Waals surface area (Å²) >= 11 is 3.31. The Morgan fingerprint density at radius 2 is 2.18 bits per heavy atom. The van der Waals surface area contributed by atoms with Gasteiger partial charge in [0.15, 0.2) is 0 Å². The van der Waals surface area contributed by atoms with Crippen molar-refractivity contribution in [3.05, 3.63) is 52.1 Å². The van der Waals surface area contributed by atoms with Crippen LogP contribution in [0.2, 0.25) is 0 Å². The Balaban J connectivity index is 2.23. The fourth-order valence-electron chi connectivity index (χ4n) is 1.49. The van der Waals surface area contributed by atoms with Crippen molar-refractivity contribution in [1.82, 2.24) is 9.29 Å². The molecule has 1 aromatic rings. The maximum Gasteiger partial charge on any atom is 0.236 e. The number of hydrogen-bond donors (Lipinski definition) is 0. The highest BCUT2D eigenvalue weighted by atomic mass is 79.9. The summed E-state index contributed by atoms with van der Waals surface area (Å²) in [5.74, 6) is 0. The molecule has 0 unspecified atom stereocenters. The molecule has 17 heavy (non-hydrogen) atoms. The molecule has 1 aliphatic rings. The predicted molar refractivity (Wildman–Crippen MR) is 69.5 cm³/mol. The highest BCUT2D eigenvalue weighted by molar-refractivity contribution is 9.10. The van der Waals surface area contributed by atoms with E-state index in [0.717, 1.165) is 10.0 Å². The maximum atomic E-state index is 11.9. The summed E-state index contributed by atoms with van der Waals surface area (Å²) in [6, 6.07) is 1.86. The molecular formula is C11H11BrN2O2S. The first-order chi connectivity index (χ1) is 8.08. The zero-order valence-electron chi connectivity index (χ0n) is 8.95. The zero-order valence-corrected chi connectivity index (χ0v) is 11.4. The molecule has 0 saturated carbocycles. The van der Waals surface area contributed by atoms with Gasteiger partial charge in [-0.1, -0.05) is 12.2 Å². The van der Waals surface area contributed by atoms with Crippen molar-refractivity contribution in [1.29, 1.82) is 0 Å². The molecule has 1 aromatic heterocycles. The first-order valence-electron chi connectivity index (χ1n) is 5.01. The third-order valence-electron chi connectivity index (χ3n) is 2.29. The van der Waals surface area contributed by atoms with Crippen molar-refractivity contribution in [3.8, 4) is 0 Å². The molecule has 0 saturated heterocycles. The molecule has 90 valence electrons. The number of nitrogens with zero attached hydrogens (tertiary/aromatic N) is 2. The molecule has 4 nitrogen and oxygen atoms in total. The van der Waals surface area contributed by atoms with Gasteiger partial charge in [0.1, 0.15) is 0 Å². The molecule has 2 heterocycles. The van der Waals surface area contributed by atoms with Gasteiger partial charge < -0.3 is 0 Å². The highest BCUT2D eigenvalue weighted by Gasteiger charge is 2.19. The Morgan fingerprint density at radius 3 is 2.94 bits per heavy atom. The Kier molecular flexibility index (Phi) is 3.76. The minimum absolute atomic E-state index is 0.323. The summed E-state index contributed by atoms with van der Waals surface area (Å²) in [4.78, 5) is 4.02. The highest BCUT2D eigenvalue weighted by Crippen LogP contribution is 2.15. The predicted octanol–water partition coefficient (Wildman–Crippen LogP) is 2.06. The van der Waals surface area contributed by atoms with E-state index in [4.69, 9.17) is 0 Å². The summed E-state index contributed by atoms with van der Waals surface area (Å²) in [7, 11) is -3.32. The Bertz CT molecular complexity index is 567. The maximum absolute atomic E-state index is 11.9. The minimum atomic E-state index is -3.32. The number of halogens is 1. The van der Waals surface area contributed by atoms with Gasteiger partial charge in [0.25, 0.3) is 0 Å². The van der Waals surface area contributed by atoms with Crippen LogP contribution in [0.4, 0.5) is 0 Å². The van der Waals surface area contributed by atoms with E-state index < -0.39 is 10.0 Å². The van der Waals surface area contributed by atoms with Crippen LogP contribution in [0, 0.1) is 0 Å². The Morgan fingerprint density at radius 1 is 1.35 bits per heavy atom. The second-order valence-electron chi connectivity index (χ2n) is 3.61. The summed E-state index contributed by atoms with van der Waals surface area (Å²) in [6.07, 6.45) is 8.41. The van der Waals surface area contributed by atoms with E-state index in [1.165, 1.54) is 15.8 Å². The van der Waals surface area contributed by atoms with E-state index in [2.05, 4.69) is 20.9 Å². The molecule has 0 aliphatic carbocycles. The molecule has 0 radical (unpaired) electrons. The molecule has 0 N–H and O–H groups in total. The number of hydrogen-bond acceptors (Lipinski definition) is 3. The number of sulfonamides is 1. The Labute approximate surface area is 109 Å². The third-order valence-corrected chi connectivity index (χ3v) is 4.22. The van der Waals surface area contributed by atoms with Gasteiger partial charge in [0, 0.05) is 35.4 Å². The molecule has 0 bridgehead atoms. The summed E-state index contributed by atoms with van der Waals surface area (Å²) in [5.41, 5.74) is 0.853. The van der Waals surface area contributed by atoms with Crippen molar-refractivity contribution >= 4 is 26.0 Å². The van der Waals surface area contributed by atoms with E-state index in [1.54, 1.807) is 18.5 Å². The topological polar surface area (TPSA) is 50.3 Å². The first-order valence-corrected chi connectivity index (χ1v) is 7.30. The van der Waals surface area contributed by atoms with Gasteiger partial charge in [-0.25, -0.2) is 8.42 Å². The van der Waals surface area contributed by atoms with Crippen LogP contribution < -0.4 is 0 Å². The molecule has 0 aromatic carbocycles. The van der Waals surface area contributed by atoms with Crippen LogP contribution in [0.15, 0.2) is 46.6 Å². The van der Waals surface area contributed by atoms with Crippen LogP contribution in [0.25, 0.3) is 0 Å². The average Bonchev–Trinajstić information content (AvgIpc) is 2.41. The second-order valence-corrected chi connectivity index (χ2v) is 6.34. The molecule has 0 fully saturated rings. The van der Waals surface area contributed by atoms with Crippen molar-refractivity contribution in [3.63, 3.8) is 0 Å². The van der Waals surface area contributed by atoms with Crippen LogP contribution in [-0.2, 0) is 16.6 Å². The molecule has 6 heteroatoms. The molecule has 2 rings (SSSR count). The standard InChI is InChI=1S/C11H11BrN2O2S/c12-11-6-10(7-13-8-11)9-14-4-2-1-3-5-17(14,15)16/h1-3,5-8H,4,9H2. The smallest absolute Gasteiger partial charge is 0.236 e. The molecule has 0 atom stereocenters. The van der Waals surface area contributed by atoms with Crippen molar-refractivity contribution in [2.45, 2.75) is 6.54 Å². The van der Waals surface area contributed by atoms with Gasteiger partial charge in [-0.05, 0) is 33.6 Å². The lowest BCUT2D eigenvalue weighted by molar-refractivity contribution is 0.446. The monoisotopic (exact) mass is 314 g/mol. The van der Waals surface area contributed by atoms with Crippen LogP contribution in [0.3, 0.4) is 0 Å². The van der Waals surface area contributed by atoms with Crippen molar-refractivity contribution in [2.24, 2.45) is 0 Å². The van der Waals surface area contributed by atoms with E-state index >= 15 is 0 Å². The lowest BCUT2D eigenvalue weighted by Gasteiger charge is -2.17. The number of rotatable bonds is 2. The third kappa shape index (κ3) is 3.24. The molecular weight excluding hydrogens is 304 g/mol. The van der Waals surface area contributed by atoms with E-state index in [0.29, 0.717) is 13.1 Å². The van der Waals surface area contributed by atoms with Gasteiger partial charge >= 0.3 is 0 Å². The molecule has 0 amide bonds. The van der Waals surface area contributed by atoms with Gasteiger partial charge in [-0.2, -0.15) is 4.31 Å². The van der Waals surface area contributed by atoms with E-state index in [9.17, 15) is 8.42 Å². The number of pyridine rings is 1. The van der Waals surface area contributed by atoms with Crippen molar-refractivity contribution < 1.29 is 8.42 Å². The Hall–Kier alpha value is -0.980. The fraction of sp³-hybridized carbons (Fsp3) is 0.182. The quantitative estimate of drug-likeness (QED) is 0.839. The van der Waals surface area contributed by atoms with Crippen LogP contribution >= 0.6 is 15.9 Å². The average molecular weight is 315 g/mol. The lowest BCUT2D eigenvalue weighted by Crippen LogP contribution is -2.28. The normalized spacial score (nSPS) is 19.1. The zero-order chi connectivity index (χ0) is 12.3. The molecule has 0 spiro atoms. The van der Waals surface area contributed by atoms with E-state index in [-0.39, 0.29) is 0 Å². The first kappa shape index (κ1) is 12.5.